The van der Waals surface area contributed by atoms with Gasteiger partial charge in [-0.3, -0.25) is 13.8 Å². The molecule has 1 saturated carbocycles. The van der Waals surface area contributed by atoms with Gasteiger partial charge in [0.1, 0.15) is 11.5 Å². The van der Waals surface area contributed by atoms with Gasteiger partial charge >= 0.3 is 0 Å². The summed E-state index contributed by atoms with van der Waals surface area (Å²) < 4.78 is 5.80. The largest absolute Gasteiger partial charge is 0.394 e. The summed E-state index contributed by atoms with van der Waals surface area (Å²) in [5.74, 6) is 1.65. The predicted molar refractivity (Wildman–Crippen MR) is 106 cm³/mol. The van der Waals surface area contributed by atoms with E-state index in [-0.39, 0.29) is 6.10 Å². The van der Waals surface area contributed by atoms with E-state index in [2.05, 4.69) is 21.4 Å². The molecule has 1 aliphatic carbocycles. The Morgan fingerprint density at radius 3 is 2.57 bits per heavy atom. The van der Waals surface area contributed by atoms with Gasteiger partial charge in [0.15, 0.2) is 0 Å². The minimum absolute atomic E-state index is 0.167. The third-order valence-corrected chi connectivity index (χ3v) is 4.42. The quantitative estimate of drug-likeness (QED) is 0.589. The molecule has 0 atom stereocenters. The highest BCUT2D eigenvalue weighted by Gasteiger charge is 2.22. The highest BCUT2D eigenvalue weighted by atomic mass is 16.3. The average Bonchev–Trinajstić information content (AvgIpc) is 3.03. The number of aromatic nitrogens is 7. The minimum atomic E-state index is -0.167. The molecule has 28 heavy (non-hydrogen) atoms. The van der Waals surface area contributed by atoms with Crippen molar-refractivity contribution in [2.24, 2.45) is 13.0 Å². The minimum Gasteiger partial charge on any atom is -0.394 e. The number of hydrogen-bond acceptors (Lipinski definition) is 5. The first kappa shape index (κ1) is 18.4. The van der Waals surface area contributed by atoms with E-state index < -0.39 is 0 Å². The first-order chi connectivity index (χ1) is 13.5. The zero-order valence-corrected chi connectivity index (χ0v) is 16.4. The number of aliphatic hydroxyl groups excluding tert-OH is 1. The molecule has 8 nitrogen and oxygen atoms in total. The van der Waals surface area contributed by atoms with Crippen LogP contribution < -0.4 is 0 Å². The molecule has 146 valence electrons. The molecule has 0 spiro atoms. The van der Waals surface area contributed by atoms with Crippen LogP contribution in [-0.4, -0.2) is 45.1 Å². The standard InChI is InChI=1S/C17H17N7.C3H8O/c1-22-10-13(7-19-22)15-6-16-18-4-5-24(16)17(21-15)14-8-20-23(11-14)9-12-2-3-12;1-3(2)4/h4-8,10-12H,2-3,9H2,1H3;3-4H,1-2H3. The van der Waals surface area contributed by atoms with E-state index in [0.717, 1.165) is 40.8 Å². The Hall–Kier alpha value is -3.00. The predicted octanol–water partition coefficient (Wildman–Crippen LogP) is 2.79. The Morgan fingerprint density at radius 2 is 1.89 bits per heavy atom. The molecular weight excluding hydrogens is 354 g/mol. The van der Waals surface area contributed by atoms with Crippen molar-refractivity contribution in [1.29, 1.82) is 0 Å². The van der Waals surface area contributed by atoms with E-state index in [9.17, 15) is 0 Å². The summed E-state index contributed by atoms with van der Waals surface area (Å²) in [4.78, 5) is 9.28. The highest BCUT2D eigenvalue weighted by Crippen LogP contribution is 2.31. The van der Waals surface area contributed by atoms with Gasteiger partial charge in [0.25, 0.3) is 0 Å². The Labute approximate surface area is 163 Å². The number of fused-ring (bicyclic) bond motifs is 1. The summed E-state index contributed by atoms with van der Waals surface area (Å²) in [6.07, 6.45) is 13.9. The van der Waals surface area contributed by atoms with Crippen molar-refractivity contribution >= 4 is 5.65 Å². The van der Waals surface area contributed by atoms with E-state index in [4.69, 9.17) is 10.1 Å². The molecule has 0 aromatic carbocycles. The van der Waals surface area contributed by atoms with Crippen LogP contribution in [0.15, 0.2) is 43.2 Å². The van der Waals surface area contributed by atoms with E-state index in [1.807, 2.05) is 47.0 Å². The summed E-state index contributed by atoms with van der Waals surface area (Å²) in [5, 5.41) is 16.8. The van der Waals surface area contributed by atoms with Crippen LogP contribution >= 0.6 is 0 Å². The van der Waals surface area contributed by atoms with Gasteiger partial charge in [-0.1, -0.05) is 0 Å². The molecule has 0 unspecified atom stereocenters. The highest BCUT2D eigenvalue weighted by molar-refractivity contribution is 5.68. The maximum absolute atomic E-state index is 8.06. The van der Waals surface area contributed by atoms with Gasteiger partial charge in [0.05, 0.1) is 23.7 Å². The molecule has 5 rings (SSSR count). The summed E-state index contributed by atoms with van der Waals surface area (Å²) in [6.45, 7) is 4.44. The normalized spacial score (nSPS) is 13.8. The van der Waals surface area contributed by atoms with Gasteiger partial charge in [0.2, 0.25) is 0 Å². The first-order valence-electron chi connectivity index (χ1n) is 9.53. The monoisotopic (exact) mass is 379 g/mol. The van der Waals surface area contributed by atoms with Crippen molar-refractivity contribution in [1.82, 2.24) is 33.9 Å². The SMILES string of the molecule is CC(C)O.Cn1cc(-c2cc3nccn3c(-c3cnn(CC4CC4)c3)n2)cn1. The number of hydrogen-bond donors (Lipinski definition) is 1. The molecule has 1 N–H and O–H groups in total. The molecule has 4 heterocycles. The molecule has 4 aromatic rings. The number of aliphatic hydroxyl groups is 1. The topological polar surface area (TPSA) is 86.1 Å². The lowest BCUT2D eigenvalue weighted by Gasteiger charge is -2.05. The molecule has 0 aliphatic heterocycles. The number of nitrogens with zero attached hydrogens (tertiary/aromatic N) is 7. The van der Waals surface area contributed by atoms with Crippen LogP contribution in [-0.2, 0) is 13.6 Å². The lowest BCUT2D eigenvalue weighted by molar-refractivity contribution is 0.216. The molecule has 0 radical (unpaired) electrons. The summed E-state index contributed by atoms with van der Waals surface area (Å²) >= 11 is 0. The fraction of sp³-hybridized carbons (Fsp3) is 0.400. The van der Waals surface area contributed by atoms with Crippen LogP contribution in [0.2, 0.25) is 0 Å². The number of imidazole rings is 1. The van der Waals surface area contributed by atoms with Gasteiger partial charge in [-0.25, -0.2) is 9.97 Å². The first-order valence-corrected chi connectivity index (χ1v) is 9.53. The fourth-order valence-corrected chi connectivity index (χ4v) is 2.97. The molecule has 4 aromatic heterocycles. The number of rotatable bonds is 4. The van der Waals surface area contributed by atoms with Gasteiger partial charge in [-0.2, -0.15) is 10.2 Å². The van der Waals surface area contributed by atoms with Crippen LogP contribution in [0.1, 0.15) is 26.7 Å². The van der Waals surface area contributed by atoms with Crippen molar-refractivity contribution < 1.29 is 5.11 Å². The van der Waals surface area contributed by atoms with Crippen molar-refractivity contribution in [3.05, 3.63) is 43.2 Å². The molecule has 8 heteroatoms. The van der Waals surface area contributed by atoms with Crippen molar-refractivity contribution in [3.8, 4) is 22.6 Å². The van der Waals surface area contributed by atoms with Crippen LogP contribution in [0.5, 0.6) is 0 Å². The third-order valence-electron chi connectivity index (χ3n) is 4.42. The second-order valence-electron chi connectivity index (χ2n) is 7.51. The van der Waals surface area contributed by atoms with Crippen molar-refractivity contribution in [2.45, 2.75) is 39.3 Å². The second-order valence-corrected chi connectivity index (χ2v) is 7.51. The van der Waals surface area contributed by atoms with Crippen molar-refractivity contribution in [2.75, 3.05) is 0 Å². The molecule has 0 saturated heterocycles. The Bertz CT molecular complexity index is 1070. The van der Waals surface area contributed by atoms with E-state index in [1.54, 1.807) is 24.7 Å². The summed E-state index contributed by atoms with van der Waals surface area (Å²) in [7, 11) is 1.90. The van der Waals surface area contributed by atoms with Gasteiger partial charge in [0, 0.05) is 56.1 Å². The molecule has 1 aliphatic rings. The Balaban J connectivity index is 0.000000442. The number of aryl methyl sites for hydroxylation is 1. The van der Waals surface area contributed by atoms with Crippen LogP contribution in [0, 0.1) is 5.92 Å². The van der Waals surface area contributed by atoms with Gasteiger partial charge in [-0.05, 0) is 32.6 Å². The maximum Gasteiger partial charge on any atom is 0.149 e. The zero-order valence-electron chi connectivity index (χ0n) is 16.4. The Morgan fingerprint density at radius 1 is 1.14 bits per heavy atom. The fourth-order valence-electron chi connectivity index (χ4n) is 2.97. The zero-order chi connectivity index (χ0) is 19.7. The summed E-state index contributed by atoms with van der Waals surface area (Å²) in [6, 6.07) is 1.98. The average molecular weight is 379 g/mol. The third kappa shape index (κ3) is 4.12. The molecule has 0 bridgehead atoms. The summed E-state index contributed by atoms with van der Waals surface area (Å²) in [5.41, 5.74) is 3.72. The molecule has 0 amide bonds. The Kier molecular flexibility index (Phi) is 4.95. The smallest absolute Gasteiger partial charge is 0.149 e. The van der Waals surface area contributed by atoms with Crippen molar-refractivity contribution in [3.63, 3.8) is 0 Å². The van der Waals surface area contributed by atoms with Gasteiger partial charge < -0.3 is 5.11 Å². The van der Waals surface area contributed by atoms with Crippen LogP contribution in [0.3, 0.4) is 0 Å². The molecular formula is C20H25N7O. The van der Waals surface area contributed by atoms with Gasteiger partial charge in [-0.15, -0.1) is 0 Å². The second kappa shape index (κ2) is 7.55. The van der Waals surface area contributed by atoms with Crippen LogP contribution in [0.4, 0.5) is 0 Å². The van der Waals surface area contributed by atoms with E-state index in [0.29, 0.717) is 0 Å². The van der Waals surface area contributed by atoms with E-state index >= 15 is 0 Å². The van der Waals surface area contributed by atoms with E-state index in [1.165, 1.54) is 12.8 Å². The lowest BCUT2D eigenvalue weighted by Crippen LogP contribution is -1.99. The van der Waals surface area contributed by atoms with Crippen LogP contribution in [0.25, 0.3) is 28.3 Å². The lowest BCUT2D eigenvalue weighted by atomic mass is 10.2. The molecule has 1 fully saturated rings. The maximum atomic E-state index is 8.06.